The van der Waals surface area contributed by atoms with E-state index in [9.17, 15) is 13.2 Å². The van der Waals surface area contributed by atoms with E-state index in [1.807, 2.05) is 23.9 Å². The topological polar surface area (TPSA) is 97.2 Å². The third-order valence-corrected chi connectivity index (χ3v) is 5.74. The van der Waals surface area contributed by atoms with Crippen molar-refractivity contribution in [2.24, 2.45) is 0 Å². The third-order valence-electron chi connectivity index (χ3n) is 4.35. The first-order valence-corrected chi connectivity index (χ1v) is 9.64. The molecule has 1 amide bonds. The van der Waals surface area contributed by atoms with Crippen LogP contribution in [0.15, 0.2) is 41.6 Å². The summed E-state index contributed by atoms with van der Waals surface area (Å²) in [6, 6.07) is 6.83. The van der Waals surface area contributed by atoms with Crippen LogP contribution in [-0.4, -0.2) is 53.9 Å². The van der Waals surface area contributed by atoms with Gasteiger partial charge in [-0.25, -0.2) is 17.8 Å². The Morgan fingerprint density at radius 1 is 1.32 bits per heavy atom. The highest BCUT2D eigenvalue weighted by Crippen LogP contribution is 2.21. The van der Waals surface area contributed by atoms with Crippen LogP contribution in [0.25, 0.3) is 0 Å². The van der Waals surface area contributed by atoms with E-state index in [0.717, 1.165) is 18.4 Å². The molecule has 8 nitrogen and oxygen atoms in total. The average Bonchev–Trinajstić information content (AvgIpc) is 3.14. The maximum absolute atomic E-state index is 12.3. The first kappa shape index (κ1) is 17.6. The van der Waals surface area contributed by atoms with Gasteiger partial charge in [0.1, 0.15) is 0 Å². The summed E-state index contributed by atoms with van der Waals surface area (Å²) in [5.74, 6) is -0.215. The first-order valence-electron chi connectivity index (χ1n) is 8.15. The van der Waals surface area contributed by atoms with Crippen LogP contribution >= 0.6 is 0 Å². The summed E-state index contributed by atoms with van der Waals surface area (Å²) in [7, 11) is -3.68. The molecular formula is C16H21N5O3S. The Hall–Kier alpha value is -2.26. The van der Waals surface area contributed by atoms with E-state index in [1.54, 1.807) is 23.2 Å². The Morgan fingerprint density at radius 2 is 2.08 bits per heavy atom. The number of hydrogen-bond donors (Lipinski definition) is 1. The monoisotopic (exact) mass is 363 g/mol. The minimum atomic E-state index is -3.68. The van der Waals surface area contributed by atoms with Gasteiger partial charge in [-0.2, -0.15) is 0 Å². The predicted molar refractivity (Wildman–Crippen MR) is 91.2 cm³/mol. The number of aryl methyl sites for hydroxylation is 1. The highest BCUT2D eigenvalue weighted by atomic mass is 32.2. The van der Waals surface area contributed by atoms with E-state index in [-0.39, 0.29) is 23.4 Å². The van der Waals surface area contributed by atoms with Crippen LogP contribution in [0.2, 0.25) is 0 Å². The summed E-state index contributed by atoms with van der Waals surface area (Å²) in [6.07, 6.45) is 5.01. The van der Waals surface area contributed by atoms with Crippen molar-refractivity contribution >= 4 is 15.9 Å². The van der Waals surface area contributed by atoms with Gasteiger partial charge in [-0.3, -0.25) is 4.79 Å². The number of hydrogen-bond acceptors (Lipinski definition) is 5. The van der Waals surface area contributed by atoms with Crippen LogP contribution < -0.4 is 4.72 Å². The maximum Gasteiger partial charge on any atom is 0.241 e. The molecule has 1 aromatic heterocycles. The average molecular weight is 363 g/mol. The molecule has 1 aliphatic rings. The largest absolute Gasteiger partial charge is 0.341 e. The fourth-order valence-electron chi connectivity index (χ4n) is 2.93. The molecule has 0 bridgehead atoms. The standard InChI is InChI=1S/C16H21N5O3S/c1-13-3-2-4-15(11-13)25(23,24)18-12-16(22)20-8-5-14(6-9-20)21-10-7-17-19-21/h2-4,7,10-11,14,18H,5-6,8-9,12H2,1H3. The van der Waals surface area contributed by atoms with E-state index in [2.05, 4.69) is 15.0 Å². The SMILES string of the molecule is Cc1cccc(S(=O)(=O)NCC(=O)N2CCC(n3ccnn3)CC2)c1. The first-order chi connectivity index (χ1) is 12.0. The van der Waals surface area contributed by atoms with Crippen LogP contribution in [0.4, 0.5) is 0 Å². The lowest BCUT2D eigenvalue weighted by atomic mass is 10.1. The molecule has 0 unspecified atom stereocenters. The summed E-state index contributed by atoms with van der Waals surface area (Å²) < 4.78 is 28.8. The Labute approximate surface area is 146 Å². The Balaban J connectivity index is 1.53. The van der Waals surface area contributed by atoms with Crippen molar-refractivity contribution in [3.05, 3.63) is 42.2 Å². The van der Waals surface area contributed by atoms with Crippen molar-refractivity contribution < 1.29 is 13.2 Å². The van der Waals surface area contributed by atoms with Crippen molar-refractivity contribution in [1.82, 2.24) is 24.6 Å². The van der Waals surface area contributed by atoms with Crippen LogP contribution in [0.3, 0.4) is 0 Å². The lowest BCUT2D eigenvalue weighted by molar-refractivity contribution is -0.131. The van der Waals surface area contributed by atoms with Crippen molar-refractivity contribution in [2.45, 2.75) is 30.7 Å². The zero-order valence-corrected chi connectivity index (χ0v) is 14.8. The van der Waals surface area contributed by atoms with Crippen molar-refractivity contribution in [3.8, 4) is 0 Å². The highest BCUT2D eigenvalue weighted by Gasteiger charge is 2.25. The molecule has 0 atom stereocenters. The van der Waals surface area contributed by atoms with E-state index < -0.39 is 10.0 Å². The van der Waals surface area contributed by atoms with Gasteiger partial charge in [0, 0.05) is 19.3 Å². The van der Waals surface area contributed by atoms with Crippen molar-refractivity contribution in [3.63, 3.8) is 0 Å². The number of sulfonamides is 1. The molecule has 0 radical (unpaired) electrons. The molecule has 1 fully saturated rings. The number of piperidine rings is 1. The number of benzene rings is 1. The maximum atomic E-state index is 12.3. The molecule has 25 heavy (non-hydrogen) atoms. The number of carbonyl (C=O) groups excluding carboxylic acids is 1. The second-order valence-electron chi connectivity index (χ2n) is 6.14. The molecule has 0 saturated carbocycles. The summed E-state index contributed by atoms with van der Waals surface area (Å²) in [6.45, 7) is 2.75. The number of amides is 1. The van der Waals surface area contributed by atoms with Crippen LogP contribution in [0.1, 0.15) is 24.4 Å². The van der Waals surface area contributed by atoms with Gasteiger partial charge in [0.25, 0.3) is 0 Å². The zero-order chi connectivity index (χ0) is 17.9. The number of carbonyl (C=O) groups is 1. The highest BCUT2D eigenvalue weighted by molar-refractivity contribution is 7.89. The summed E-state index contributed by atoms with van der Waals surface area (Å²) >= 11 is 0. The van der Waals surface area contributed by atoms with Crippen molar-refractivity contribution in [1.29, 1.82) is 0 Å². The Bertz CT molecular complexity index is 827. The van der Waals surface area contributed by atoms with Gasteiger partial charge in [0.2, 0.25) is 15.9 Å². The smallest absolute Gasteiger partial charge is 0.241 e. The van der Waals surface area contributed by atoms with Crippen LogP contribution in [0, 0.1) is 6.92 Å². The lowest BCUT2D eigenvalue weighted by Crippen LogP contribution is -2.44. The molecule has 1 N–H and O–H groups in total. The number of aromatic nitrogens is 3. The number of nitrogens with one attached hydrogen (secondary N) is 1. The lowest BCUT2D eigenvalue weighted by Gasteiger charge is -2.31. The third kappa shape index (κ3) is 4.23. The Kier molecular flexibility index (Phi) is 5.14. The predicted octanol–water partition coefficient (Wildman–Crippen LogP) is 0.729. The van der Waals surface area contributed by atoms with Gasteiger partial charge in [-0.05, 0) is 37.5 Å². The van der Waals surface area contributed by atoms with Gasteiger partial charge in [0.05, 0.1) is 23.7 Å². The quantitative estimate of drug-likeness (QED) is 0.845. The van der Waals surface area contributed by atoms with E-state index in [1.165, 1.54) is 6.07 Å². The molecular weight excluding hydrogens is 342 g/mol. The zero-order valence-electron chi connectivity index (χ0n) is 14.0. The molecule has 2 heterocycles. The summed E-state index contributed by atoms with van der Waals surface area (Å²) in [5, 5.41) is 7.79. The molecule has 1 saturated heterocycles. The van der Waals surface area contributed by atoms with E-state index in [0.29, 0.717) is 13.1 Å². The molecule has 9 heteroatoms. The van der Waals surface area contributed by atoms with Gasteiger partial charge in [0.15, 0.2) is 0 Å². The van der Waals surface area contributed by atoms with Gasteiger partial charge in [-0.15, -0.1) is 5.10 Å². The van der Waals surface area contributed by atoms with Gasteiger partial charge >= 0.3 is 0 Å². The molecule has 0 aliphatic carbocycles. The number of nitrogens with zero attached hydrogens (tertiary/aromatic N) is 4. The number of rotatable bonds is 5. The summed E-state index contributed by atoms with van der Waals surface area (Å²) in [4.78, 5) is 14.2. The second-order valence-corrected chi connectivity index (χ2v) is 7.90. The second kappa shape index (κ2) is 7.32. The van der Waals surface area contributed by atoms with E-state index in [4.69, 9.17) is 0 Å². The van der Waals surface area contributed by atoms with Crippen LogP contribution in [-0.2, 0) is 14.8 Å². The molecule has 134 valence electrons. The minimum Gasteiger partial charge on any atom is -0.341 e. The van der Waals surface area contributed by atoms with Crippen LogP contribution in [0.5, 0.6) is 0 Å². The number of likely N-dealkylation sites (tertiary alicyclic amines) is 1. The fourth-order valence-corrected chi connectivity index (χ4v) is 4.01. The molecule has 2 aromatic rings. The molecule has 1 aliphatic heterocycles. The van der Waals surface area contributed by atoms with Gasteiger partial charge < -0.3 is 4.90 Å². The fraction of sp³-hybridized carbons (Fsp3) is 0.438. The molecule has 0 spiro atoms. The van der Waals surface area contributed by atoms with Gasteiger partial charge in [-0.1, -0.05) is 17.3 Å². The minimum absolute atomic E-state index is 0.171. The van der Waals surface area contributed by atoms with Crippen molar-refractivity contribution in [2.75, 3.05) is 19.6 Å². The summed E-state index contributed by atoms with van der Waals surface area (Å²) in [5.41, 5.74) is 0.851. The normalized spacial score (nSPS) is 16.1. The van der Waals surface area contributed by atoms with E-state index >= 15 is 0 Å². The molecule has 3 rings (SSSR count). The molecule has 1 aromatic carbocycles. The Morgan fingerprint density at radius 3 is 2.72 bits per heavy atom.